The van der Waals surface area contributed by atoms with E-state index in [4.69, 9.17) is 0 Å². The molecule has 0 unspecified atom stereocenters. The predicted molar refractivity (Wildman–Crippen MR) is 115 cm³/mol. The molecule has 8 heteroatoms. The van der Waals surface area contributed by atoms with Crippen LogP contribution in [0.25, 0.3) is 0 Å². The van der Waals surface area contributed by atoms with Gasteiger partial charge in [-0.05, 0) is 0 Å². The van der Waals surface area contributed by atoms with Crippen molar-refractivity contribution in [2.24, 2.45) is 5.41 Å². The Morgan fingerprint density at radius 1 is 1.03 bits per heavy atom. The molecule has 3 aliphatic rings. The van der Waals surface area contributed by atoms with Crippen LogP contribution in [0.4, 0.5) is 8.78 Å². The van der Waals surface area contributed by atoms with Crippen LogP contribution < -0.4 is 14.9 Å². The molecule has 0 bridgehead atoms. The Kier molecular flexibility index (Phi) is 4.17. The fourth-order valence-corrected chi connectivity index (χ4v) is 7.23. The minimum absolute atomic E-state index is 0.0300. The van der Waals surface area contributed by atoms with Crippen molar-refractivity contribution in [1.82, 2.24) is 4.68 Å². The third-order valence-electron chi connectivity index (χ3n) is 6.76. The number of fused-ring (bicyclic) bond motifs is 3. The molecule has 3 aromatic rings. The molecule has 1 N–H and O–H groups in total. The fraction of sp³-hybridized carbons (Fsp3) is 0.250. The number of hydrogen-bond donors (Lipinski definition) is 1. The van der Waals surface area contributed by atoms with Gasteiger partial charge in [-0.3, -0.25) is 0 Å². The van der Waals surface area contributed by atoms with Gasteiger partial charge in [-0.25, -0.2) is 0 Å². The van der Waals surface area contributed by atoms with Crippen molar-refractivity contribution in [3.8, 4) is 5.75 Å². The fourth-order valence-electron chi connectivity index (χ4n) is 4.89. The molecule has 5 nitrogen and oxygen atoms in total. The Morgan fingerprint density at radius 2 is 1.81 bits per heavy atom. The van der Waals surface area contributed by atoms with Crippen LogP contribution in [0.5, 0.6) is 5.75 Å². The van der Waals surface area contributed by atoms with Gasteiger partial charge in [0.25, 0.3) is 0 Å². The molecule has 1 aliphatic carbocycles. The number of carbonyl (C=O) groups excluding carboxylic acids is 1. The molecule has 0 radical (unpaired) electrons. The number of Topliss-reactive ketones (excluding diaryl/α,β-unsaturated/α-hetero) is 1. The number of halogens is 2. The molecular weight excluding hydrogens is 481 g/mol. The second-order valence-electron chi connectivity index (χ2n) is 8.59. The van der Waals surface area contributed by atoms with E-state index >= 15 is 0 Å². The maximum atomic E-state index is 14.9. The number of rotatable bonds is 1. The van der Waals surface area contributed by atoms with E-state index in [0.29, 0.717) is 35.8 Å². The van der Waals surface area contributed by atoms with Gasteiger partial charge in [0.1, 0.15) is 0 Å². The summed E-state index contributed by atoms with van der Waals surface area (Å²) < 4.78 is 31.7. The van der Waals surface area contributed by atoms with Crippen LogP contribution in [0, 0.1) is 17.0 Å². The first-order chi connectivity index (χ1) is 15.4. The van der Waals surface area contributed by atoms with E-state index in [1.54, 1.807) is 6.07 Å². The van der Waals surface area contributed by atoms with E-state index in [1.807, 2.05) is 29.3 Å². The summed E-state index contributed by atoms with van der Waals surface area (Å²) >= 11 is -0.105. The zero-order valence-corrected chi connectivity index (χ0v) is 18.6. The standard InChI is InChI=1S/C24H18F2N2O3Se/c25-16-6-5-13-15(19(16)26)11-32-18-4-2-1-3-14(18)20(13)28-12-24(8-9-24)23(31)21-22(30)17(29)7-10-27(21)28/h1-7,10,20,30H,8-9,11-12H2/t20-/m0/s1. The van der Waals surface area contributed by atoms with Crippen LogP contribution >= 0.6 is 0 Å². The summed E-state index contributed by atoms with van der Waals surface area (Å²) in [4.78, 5) is 25.4. The topological polar surface area (TPSA) is 62.5 Å². The zero-order chi connectivity index (χ0) is 22.2. The second-order valence-corrected chi connectivity index (χ2v) is 10.7. The normalized spacial score (nSPS) is 20.4. The summed E-state index contributed by atoms with van der Waals surface area (Å²) in [6, 6.07) is 11.3. The summed E-state index contributed by atoms with van der Waals surface area (Å²) in [5, 5.41) is 12.9. The van der Waals surface area contributed by atoms with Crippen molar-refractivity contribution < 1.29 is 18.7 Å². The minimum atomic E-state index is -0.876. The van der Waals surface area contributed by atoms with Crippen LogP contribution in [-0.4, -0.2) is 37.1 Å². The van der Waals surface area contributed by atoms with E-state index in [2.05, 4.69) is 0 Å². The average molecular weight is 499 g/mol. The number of benzene rings is 2. The first kappa shape index (κ1) is 19.7. The monoisotopic (exact) mass is 500 g/mol. The molecule has 162 valence electrons. The number of aromatic hydroxyl groups is 1. The van der Waals surface area contributed by atoms with Crippen molar-refractivity contribution in [3.05, 3.63) is 92.9 Å². The number of pyridine rings is 1. The summed E-state index contributed by atoms with van der Waals surface area (Å²) in [5.41, 5.74) is 0.644. The predicted octanol–water partition coefficient (Wildman–Crippen LogP) is 2.38. The summed E-state index contributed by atoms with van der Waals surface area (Å²) in [6.45, 7) is 0.367. The first-order valence-corrected chi connectivity index (χ1v) is 12.4. The molecule has 1 atom stereocenters. The molecule has 32 heavy (non-hydrogen) atoms. The van der Waals surface area contributed by atoms with Crippen LogP contribution in [0.1, 0.15) is 46.1 Å². The van der Waals surface area contributed by atoms with Gasteiger partial charge in [0.05, 0.1) is 0 Å². The summed E-state index contributed by atoms with van der Waals surface area (Å²) in [5.74, 6) is -2.51. The van der Waals surface area contributed by atoms with Gasteiger partial charge in [0.2, 0.25) is 0 Å². The van der Waals surface area contributed by atoms with Crippen molar-refractivity contribution in [3.63, 3.8) is 0 Å². The molecule has 3 heterocycles. The molecule has 1 fully saturated rings. The van der Waals surface area contributed by atoms with Crippen LogP contribution in [-0.2, 0) is 5.32 Å². The summed E-state index contributed by atoms with van der Waals surface area (Å²) in [6.07, 6.45) is 2.81. The van der Waals surface area contributed by atoms with Crippen molar-refractivity contribution in [2.45, 2.75) is 24.2 Å². The third-order valence-corrected chi connectivity index (χ3v) is 9.10. The molecule has 2 aliphatic heterocycles. The Bertz CT molecular complexity index is 1370. The van der Waals surface area contributed by atoms with E-state index in [-0.39, 0.29) is 26.4 Å². The van der Waals surface area contributed by atoms with Gasteiger partial charge in [-0.1, -0.05) is 0 Å². The number of hydrogen-bond acceptors (Lipinski definition) is 4. The average Bonchev–Trinajstić information content (AvgIpc) is 3.58. The van der Waals surface area contributed by atoms with Gasteiger partial charge >= 0.3 is 188 Å². The molecular formula is C24H18F2N2O3Se. The molecule has 1 aromatic heterocycles. The van der Waals surface area contributed by atoms with Gasteiger partial charge < -0.3 is 0 Å². The molecule has 6 rings (SSSR count). The quantitative estimate of drug-likeness (QED) is 0.523. The maximum absolute atomic E-state index is 14.9. The Hall–Kier alpha value is -2.96. The summed E-state index contributed by atoms with van der Waals surface area (Å²) in [7, 11) is 0. The van der Waals surface area contributed by atoms with Crippen molar-refractivity contribution >= 4 is 25.2 Å². The van der Waals surface area contributed by atoms with Gasteiger partial charge in [-0.15, -0.1) is 0 Å². The van der Waals surface area contributed by atoms with Gasteiger partial charge in [0.15, 0.2) is 0 Å². The van der Waals surface area contributed by atoms with Gasteiger partial charge in [-0.2, -0.15) is 0 Å². The van der Waals surface area contributed by atoms with Gasteiger partial charge in [0, 0.05) is 0 Å². The number of carbonyl (C=O) groups is 1. The second kappa shape index (κ2) is 6.77. The SMILES string of the molecule is O=C1c2c(O)c(=O)ccn2N([C@@H]2c3ccccc3[Se]Cc3c2ccc(F)c3F)CC12CC2. The van der Waals surface area contributed by atoms with E-state index in [9.17, 15) is 23.5 Å². The van der Waals surface area contributed by atoms with E-state index in [0.717, 1.165) is 16.1 Å². The number of ketones is 1. The molecule has 0 amide bonds. The molecule has 2 aromatic carbocycles. The number of nitrogens with zero attached hydrogens (tertiary/aromatic N) is 2. The molecule has 1 spiro atoms. The molecule has 1 saturated carbocycles. The van der Waals surface area contributed by atoms with E-state index in [1.165, 1.54) is 16.9 Å². The Labute approximate surface area is 188 Å². The third kappa shape index (κ3) is 2.66. The van der Waals surface area contributed by atoms with Crippen LogP contribution in [0.15, 0.2) is 53.5 Å². The zero-order valence-electron chi connectivity index (χ0n) is 16.8. The Balaban J connectivity index is 1.65. The van der Waals surface area contributed by atoms with Crippen molar-refractivity contribution in [2.75, 3.05) is 11.6 Å². The number of aromatic nitrogens is 1. The van der Waals surface area contributed by atoms with Crippen LogP contribution in [0.2, 0.25) is 0 Å². The first-order valence-electron chi connectivity index (χ1n) is 10.4. The van der Waals surface area contributed by atoms with Crippen LogP contribution in [0.3, 0.4) is 0 Å². The Morgan fingerprint density at radius 3 is 2.59 bits per heavy atom. The van der Waals surface area contributed by atoms with Crippen molar-refractivity contribution in [1.29, 1.82) is 0 Å². The van der Waals surface area contributed by atoms with E-state index < -0.39 is 34.3 Å². The molecule has 0 saturated heterocycles.